The average molecular weight is 1680 g/mol. The van der Waals surface area contributed by atoms with Gasteiger partial charge in [0.1, 0.15) is 0 Å². The van der Waals surface area contributed by atoms with Gasteiger partial charge in [-0.1, -0.05) is 476 Å². The van der Waals surface area contributed by atoms with E-state index in [0.717, 1.165) is 47.7 Å². The predicted molar refractivity (Wildman–Crippen MR) is 552 cm³/mol. The Morgan fingerprint density at radius 3 is 1.26 bits per heavy atom. The Kier molecular flexibility index (Phi) is 31.6. The molecule has 2 nitrogen and oxygen atoms in total. The first-order valence-electron chi connectivity index (χ1n) is 50.4. The summed E-state index contributed by atoms with van der Waals surface area (Å²) in [4.78, 5) is 4.94. The summed E-state index contributed by atoms with van der Waals surface area (Å²) in [6.07, 6.45) is 55.5. The van der Waals surface area contributed by atoms with E-state index in [2.05, 4.69) is 383 Å². The van der Waals surface area contributed by atoms with Crippen LogP contribution in [0.2, 0.25) is 0 Å². The Balaban J connectivity index is 0.832. The zero-order chi connectivity index (χ0) is 89.3. The van der Waals surface area contributed by atoms with Gasteiger partial charge >= 0.3 is 0 Å². The summed E-state index contributed by atoms with van der Waals surface area (Å²) in [5.74, 6) is 0.400. The van der Waals surface area contributed by atoms with E-state index in [1.165, 1.54) is 248 Å². The SMILES string of the molecule is C=C/C=C(/C)CCC(C)(C)C(C)(C)c1ccc(N(C2=CCC(C)(c3ccc(N(c4ccc(-c5ccccc5)cc4)c4ccc(C(C)(C)C(C)(C)c5ccc6c(c5)C(CCCCCCCC)(CCCCCCCC)C5=CC7=C(CC56)C(CCCCCCCC)(CCCCCCCC)c5cc(C(C)(C)C)ccc57)cc4)cc3)C=C2)c2ccc(-c3ccccc3)cc2)cc1. The molecule has 9 aromatic rings. The molecule has 0 amide bonds. The molecule has 666 valence electrons. The van der Waals surface area contributed by atoms with Crippen LogP contribution in [0.3, 0.4) is 0 Å². The van der Waals surface area contributed by atoms with Crippen molar-refractivity contribution in [1.82, 2.24) is 0 Å². The Morgan fingerprint density at radius 1 is 0.413 bits per heavy atom. The Labute approximate surface area is 767 Å². The van der Waals surface area contributed by atoms with Gasteiger partial charge in [0.25, 0.3) is 0 Å². The van der Waals surface area contributed by atoms with Crippen molar-refractivity contribution in [3.05, 3.63) is 334 Å². The second-order valence-corrected chi connectivity index (χ2v) is 42.5. The summed E-state index contributed by atoms with van der Waals surface area (Å²) in [5, 5.41) is 0. The Hall–Kier alpha value is -8.98. The van der Waals surface area contributed by atoms with E-state index in [4.69, 9.17) is 0 Å². The molecule has 126 heavy (non-hydrogen) atoms. The van der Waals surface area contributed by atoms with Gasteiger partial charge in [0, 0.05) is 56.3 Å². The fourth-order valence-corrected chi connectivity index (χ4v) is 22.2. The summed E-state index contributed by atoms with van der Waals surface area (Å²) in [6.45, 7) is 45.4. The molecule has 0 spiro atoms. The number of hydrogen-bond acceptors (Lipinski definition) is 2. The molecule has 0 fully saturated rings. The molecule has 0 saturated carbocycles. The van der Waals surface area contributed by atoms with Gasteiger partial charge in [0.05, 0.1) is 0 Å². The van der Waals surface area contributed by atoms with Gasteiger partial charge in [0.2, 0.25) is 0 Å². The third-order valence-electron chi connectivity index (χ3n) is 32.1. The molecule has 0 heterocycles. The first-order valence-corrected chi connectivity index (χ1v) is 50.4. The van der Waals surface area contributed by atoms with Crippen molar-refractivity contribution < 1.29 is 0 Å². The molecule has 2 atom stereocenters. The summed E-state index contributed by atoms with van der Waals surface area (Å²) in [7, 11) is 0. The standard InChI is InChI=1S/C124H160N2/c1-19-24-28-32-36-46-82-123(83-47-37-33-29-25-20-2)113-89-101(117(7,8)9)65-77-109(113)111-91-116-112(92-115(111)123)110-78-66-102(90-114(110)124(116,84-48-38-34-30-26-21-3)85-49-39-35-31-27-22-4)121(16,17)120(14,15)99-61-73-105(74-62-99)125(103-67-55-96(56-68-103)94-51-42-40-43-52-94)107-75-63-100(64-76-107)122(18)87-80-108(81-88-122)126(104-69-57-97(58-70-104)95-53-44-41-45-54-95)106-71-59-98(60-72-106)119(12,13)118(10,11)86-79-93(6)50-23-5/h23,40-45,50-78,80-81,87,89-91,112H,5,19-22,24-39,46-49,79,82-86,88,92H2,1-4,6-18H3/b93-50-. The largest absolute Gasteiger partial charge is 0.311 e. The zero-order valence-corrected chi connectivity index (χ0v) is 81.6. The maximum absolute atomic E-state index is 3.97. The molecule has 0 radical (unpaired) electrons. The Morgan fingerprint density at radius 2 is 0.810 bits per heavy atom. The minimum atomic E-state index is -0.246. The van der Waals surface area contributed by atoms with E-state index in [1.807, 2.05) is 11.6 Å². The molecular weight excluding hydrogens is 1520 g/mol. The number of anilines is 5. The van der Waals surface area contributed by atoms with E-state index < -0.39 is 0 Å². The van der Waals surface area contributed by atoms with E-state index in [9.17, 15) is 0 Å². The molecule has 0 bridgehead atoms. The van der Waals surface area contributed by atoms with E-state index >= 15 is 0 Å². The number of unbranched alkanes of at least 4 members (excludes halogenated alkanes) is 20. The van der Waals surface area contributed by atoms with Gasteiger partial charge in [-0.3, -0.25) is 0 Å². The van der Waals surface area contributed by atoms with Crippen molar-refractivity contribution in [3.8, 4) is 22.3 Å². The number of allylic oxidation sites excluding steroid dienone is 10. The van der Waals surface area contributed by atoms with Crippen molar-refractivity contribution in [2.45, 2.75) is 367 Å². The minimum absolute atomic E-state index is 0.0137. The molecule has 9 aromatic carbocycles. The van der Waals surface area contributed by atoms with E-state index in [-0.39, 0.29) is 43.3 Å². The topological polar surface area (TPSA) is 6.48 Å². The molecule has 4 aliphatic carbocycles. The molecule has 4 aliphatic rings. The third-order valence-corrected chi connectivity index (χ3v) is 32.1. The summed E-state index contributed by atoms with van der Waals surface area (Å²) < 4.78 is 0. The van der Waals surface area contributed by atoms with Crippen molar-refractivity contribution in [1.29, 1.82) is 0 Å². The molecular formula is C124H160N2. The van der Waals surface area contributed by atoms with Crippen LogP contribution >= 0.6 is 0 Å². The minimum Gasteiger partial charge on any atom is -0.311 e. The van der Waals surface area contributed by atoms with Crippen molar-refractivity contribution in [3.63, 3.8) is 0 Å². The van der Waals surface area contributed by atoms with Crippen LogP contribution in [0.15, 0.2) is 284 Å². The van der Waals surface area contributed by atoms with Crippen LogP contribution in [0, 0.1) is 5.41 Å². The first kappa shape index (κ1) is 94.6. The van der Waals surface area contributed by atoms with E-state index in [1.54, 1.807) is 33.4 Å². The highest BCUT2D eigenvalue weighted by atomic mass is 15.2. The fraction of sp³-hybridized carbons (Fsp3) is 0.468. The quantitative estimate of drug-likeness (QED) is 0.0277. The number of nitrogens with zero attached hydrogens (tertiary/aromatic N) is 2. The van der Waals surface area contributed by atoms with Crippen molar-refractivity contribution in [2.24, 2.45) is 5.41 Å². The average Bonchev–Trinajstić information content (AvgIpc) is 1.52. The lowest BCUT2D eigenvalue weighted by Gasteiger charge is -2.44. The number of hydrogen-bond donors (Lipinski definition) is 0. The highest BCUT2D eigenvalue weighted by Gasteiger charge is 2.54. The molecule has 0 aromatic heterocycles. The van der Waals surface area contributed by atoms with Crippen LogP contribution < -0.4 is 9.80 Å². The normalized spacial score (nSPS) is 16.7. The van der Waals surface area contributed by atoms with Gasteiger partial charge < -0.3 is 9.80 Å². The molecule has 0 aliphatic heterocycles. The van der Waals surface area contributed by atoms with Crippen LogP contribution in [-0.4, -0.2) is 0 Å². The second-order valence-electron chi connectivity index (χ2n) is 42.5. The predicted octanol–water partition coefficient (Wildman–Crippen LogP) is 37.6. The van der Waals surface area contributed by atoms with Gasteiger partial charge in [-0.2, -0.15) is 0 Å². The van der Waals surface area contributed by atoms with Crippen LogP contribution in [0.1, 0.15) is 379 Å². The second kappa shape index (κ2) is 42.1. The van der Waals surface area contributed by atoms with Crippen molar-refractivity contribution in [2.75, 3.05) is 9.80 Å². The van der Waals surface area contributed by atoms with Gasteiger partial charge in [-0.05, 0) is 230 Å². The van der Waals surface area contributed by atoms with E-state index in [0.29, 0.717) is 5.92 Å². The lowest BCUT2D eigenvalue weighted by atomic mass is 9.60. The van der Waals surface area contributed by atoms with Gasteiger partial charge in [-0.15, -0.1) is 0 Å². The molecule has 2 unspecified atom stereocenters. The van der Waals surface area contributed by atoms with Crippen LogP contribution in [0.4, 0.5) is 28.4 Å². The van der Waals surface area contributed by atoms with Gasteiger partial charge in [0.15, 0.2) is 0 Å². The maximum atomic E-state index is 3.97. The highest BCUT2D eigenvalue weighted by molar-refractivity contribution is 5.90. The lowest BCUT2D eigenvalue weighted by Crippen LogP contribution is -2.40. The van der Waals surface area contributed by atoms with Gasteiger partial charge in [-0.25, -0.2) is 0 Å². The molecule has 2 heteroatoms. The van der Waals surface area contributed by atoms with Crippen LogP contribution in [0.25, 0.3) is 27.8 Å². The summed E-state index contributed by atoms with van der Waals surface area (Å²) in [6, 6.07) is 85.0. The monoisotopic (exact) mass is 1680 g/mol. The highest BCUT2D eigenvalue weighted by Crippen LogP contribution is 2.66. The Bertz CT molecular complexity index is 5140. The number of rotatable bonds is 46. The van der Waals surface area contributed by atoms with Crippen LogP contribution in [0.5, 0.6) is 0 Å². The lowest BCUT2D eigenvalue weighted by molar-refractivity contribution is 0.181. The number of benzene rings is 9. The zero-order valence-electron chi connectivity index (χ0n) is 81.6. The van der Waals surface area contributed by atoms with Crippen molar-refractivity contribution >= 4 is 34.0 Å². The third kappa shape index (κ3) is 20.8. The smallest absolute Gasteiger partial charge is 0.0462 e. The molecule has 0 N–H and O–H groups in total. The summed E-state index contributed by atoms with van der Waals surface area (Å²) >= 11 is 0. The molecule has 0 saturated heterocycles. The first-order chi connectivity index (χ1) is 60.7. The fourth-order valence-electron chi connectivity index (χ4n) is 22.2. The molecule has 13 rings (SSSR count). The van der Waals surface area contributed by atoms with Crippen LogP contribution in [-0.2, 0) is 37.9 Å². The maximum Gasteiger partial charge on any atom is 0.0462 e. The number of fused-ring (bicyclic) bond motifs is 5. The summed E-state index contributed by atoms with van der Waals surface area (Å²) in [5.41, 5.74) is 31.4.